The maximum absolute atomic E-state index is 12.3. The van der Waals surface area contributed by atoms with Gasteiger partial charge in [0.05, 0.1) is 0 Å². The molecule has 0 heterocycles. The molecule has 0 aromatic heterocycles. The third kappa shape index (κ3) is 5.79. The van der Waals surface area contributed by atoms with Gasteiger partial charge in [0.15, 0.2) is 0 Å². The van der Waals surface area contributed by atoms with Crippen molar-refractivity contribution in [3.05, 3.63) is 100 Å². The van der Waals surface area contributed by atoms with Crippen molar-refractivity contribution in [2.24, 2.45) is 0 Å². The molecule has 0 atom stereocenters. The Labute approximate surface area is 173 Å². The van der Waals surface area contributed by atoms with Gasteiger partial charge < -0.3 is 10.6 Å². The second-order valence-corrected chi connectivity index (χ2v) is 7.30. The first kappa shape index (κ1) is 19.8. The number of carbonyl (C=O) groups excluding carboxylic acids is 2. The molecule has 0 aliphatic carbocycles. The molecule has 142 valence electrons. The lowest BCUT2D eigenvalue weighted by molar-refractivity contribution is -0.116. The lowest BCUT2D eigenvalue weighted by Gasteiger charge is -2.12. The van der Waals surface area contributed by atoms with Gasteiger partial charge in [0.1, 0.15) is 0 Å². The van der Waals surface area contributed by atoms with E-state index in [-0.39, 0.29) is 24.8 Å². The normalized spacial score (nSPS) is 10.3. The van der Waals surface area contributed by atoms with E-state index in [2.05, 4.69) is 38.7 Å². The van der Waals surface area contributed by atoms with Crippen LogP contribution in [-0.2, 0) is 11.2 Å². The van der Waals surface area contributed by atoms with Gasteiger partial charge in [-0.25, -0.2) is 0 Å². The zero-order chi connectivity index (χ0) is 19.8. The molecule has 4 nitrogen and oxygen atoms in total. The number of carbonyl (C=O) groups is 2. The molecule has 3 aromatic rings. The first-order valence-electron chi connectivity index (χ1n) is 9.07. The lowest BCUT2D eigenvalue weighted by atomic mass is 10.0. The van der Waals surface area contributed by atoms with E-state index in [9.17, 15) is 9.59 Å². The minimum atomic E-state index is -0.190. The van der Waals surface area contributed by atoms with Gasteiger partial charge in [0.2, 0.25) is 5.91 Å². The fourth-order valence-electron chi connectivity index (χ4n) is 2.82. The van der Waals surface area contributed by atoms with Crippen molar-refractivity contribution >= 4 is 33.4 Å². The molecule has 0 aliphatic rings. The van der Waals surface area contributed by atoms with Crippen molar-refractivity contribution in [1.82, 2.24) is 5.32 Å². The maximum Gasteiger partial charge on any atom is 0.251 e. The Morgan fingerprint density at radius 1 is 0.821 bits per heavy atom. The van der Waals surface area contributed by atoms with E-state index < -0.39 is 0 Å². The van der Waals surface area contributed by atoms with Gasteiger partial charge in [-0.2, -0.15) is 0 Å². The van der Waals surface area contributed by atoms with Crippen LogP contribution in [0.25, 0.3) is 0 Å². The molecule has 0 aliphatic heterocycles. The Hall–Kier alpha value is -2.92. The summed E-state index contributed by atoms with van der Waals surface area (Å²) in [4.78, 5) is 24.4. The van der Waals surface area contributed by atoms with E-state index >= 15 is 0 Å². The minimum Gasteiger partial charge on any atom is -0.352 e. The summed E-state index contributed by atoms with van der Waals surface area (Å²) < 4.78 is 0.914. The minimum absolute atomic E-state index is 0.128. The number of para-hydroxylation sites is 1. The van der Waals surface area contributed by atoms with Gasteiger partial charge in [-0.05, 0) is 47.9 Å². The first-order valence-corrected chi connectivity index (χ1v) is 9.86. The van der Waals surface area contributed by atoms with Gasteiger partial charge in [-0.15, -0.1) is 0 Å². The Bertz CT molecular complexity index is 940. The van der Waals surface area contributed by atoms with Gasteiger partial charge in [-0.1, -0.05) is 64.5 Å². The molecule has 0 saturated carbocycles. The summed E-state index contributed by atoms with van der Waals surface area (Å²) in [5.41, 5.74) is 3.61. The SMILES string of the molecule is O=C(CCNC(=O)c1ccc(Br)cc1)Nc1ccccc1Cc1ccccc1. The molecule has 0 spiro atoms. The highest BCUT2D eigenvalue weighted by molar-refractivity contribution is 9.10. The number of amides is 2. The summed E-state index contributed by atoms with van der Waals surface area (Å²) in [6.45, 7) is 0.279. The molecule has 2 N–H and O–H groups in total. The van der Waals surface area contributed by atoms with Crippen LogP contribution in [-0.4, -0.2) is 18.4 Å². The van der Waals surface area contributed by atoms with Crippen LogP contribution in [0.3, 0.4) is 0 Å². The Morgan fingerprint density at radius 3 is 2.25 bits per heavy atom. The zero-order valence-corrected chi connectivity index (χ0v) is 16.9. The van der Waals surface area contributed by atoms with E-state index in [1.165, 1.54) is 5.56 Å². The maximum atomic E-state index is 12.3. The summed E-state index contributed by atoms with van der Waals surface area (Å²) in [6.07, 6.45) is 0.958. The molecule has 2 amide bonds. The van der Waals surface area contributed by atoms with Gasteiger partial charge in [-0.3, -0.25) is 9.59 Å². The third-order valence-corrected chi connectivity index (χ3v) is 4.80. The first-order chi connectivity index (χ1) is 13.6. The van der Waals surface area contributed by atoms with E-state index in [0.717, 1.165) is 22.1 Å². The second-order valence-electron chi connectivity index (χ2n) is 6.38. The summed E-state index contributed by atoms with van der Waals surface area (Å²) in [5, 5.41) is 5.73. The standard InChI is InChI=1S/C23H21BrN2O2/c24-20-12-10-18(11-13-20)23(28)25-15-14-22(27)26-21-9-5-4-8-19(21)16-17-6-2-1-3-7-17/h1-13H,14-16H2,(H,25,28)(H,26,27). The Morgan fingerprint density at radius 2 is 1.50 bits per heavy atom. The van der Waals surface area contributed by atoms with Gasteiger partial charge >= 0.3 is 0 Å². The number of benzene rings is 3. The molecule has 5 heteroatoms. The van der Waals surface area contributed by atoms with Crippen molar-refractivity contribution < 1.29 is 9.59 Å². The molecule has 3 aromatic carbocycles. The quantitative estimate of drug-likeness (QED) is 0.558. The molecule has 0 bridgehead atoms. The van der Waals surface area contributed by atoms with Crippen LogP contribution >= 0.6 is 15.9 Å². The predicted octanol–water partition coefficient (Wildman–Crippen LogP) is 4.80. The van der Waals surface area contributed by atoms with E-state index in [0.29, 0.717) is 5.56 Å². The number of anilines is 1. The lowest BCUT2D eigenvalue weighted by Crippen LogP contribution is -2.27. The van der Waals surface area contributed by atoms with Crippen LogP contribution in [0.1, 0.15) is 27.9 Å². The van der Waals surface area contributed by atoms with Gasteiger partial charge in [0.25, 0.3) is 5.91 Å². The molecule has 3 rings (SSSR count). The third-order valence-electron chi connectivity index (χ3n) is 4.27. The molecule has 0 unspecified atom stereocenters. The molecule has 0 saturated heterocycles. The number of hydrogen-bond acceptors (Lipinski definition) is 2. The Balaban J connectivity index is 1.52. The predicted molar refractivity (Wildman–Crippen MR) is 115 cm³/mol. The fraction of sp³-hybridized carbons (Fsp3) is 0.130. The van der Waals surface area contributed by atoms with Crippen LogP contribution in [0.4, 0.5) is 5.69 Å². The van der Waals surface area contributed by atoms with Crippen LogP contribution in [0.5, 0.6) is 0 Å². The number of halogens is 1. The smallest absolute Gasteiger partial charge is 0.251 e. The van der Waals surface area contributed by atoms with E-state index in [1.54, 1.807) is 12.1 Å². The summed E-state index contributed by atoms with van der Waals surface area (Å²) in [7, 11) is 0. The summed E-state index contributed by atoms with van der Waals surface area (Å²) >= 11 is 3.34. The molecule has 28 heavy (non-hydrogen) atoms. The van der Waals surface area contributed by atoms with Crippen molar-refractivity contribution in [3.8, 4) is 0 Å². The number of nitrogens with one attached hydrogen (secondary N) is 2. The topological polar surface area (TPSA) is 58.2 Å². The van der Waals surface area contributed by atoms with E-state index in [4.69, 9.17) is 0 Å². The second kappa shape index (κ2) is 9.85. The van der Waals surface area contributed by atoms with Crippen LogP contribution in [0.15, 0.2) is 83.3 Å². The van der Waals surface area contributed by atoms with Gasteiger partial charge in [0, 0.05) is 28.7 Å². The molecule has 0 radical (unpaired) electrons. The number of hydrogen-bond donors (Lipinski definition) is 2. The highest BCUT2D eigenvalue weighted by atomic mass is 79.9. The highest BCUT2D eigenvalue weighted by Crippen LogP contribution is 2.19. The summed E-state index contributed by atoms with van der Waals surface area (Å²) in [5.74, 6) is -0.318. The average Bonchev–Trinajstić information content (AvgIpc) is 2.71. The summed E-state index contributed by atoms with van der Waals surface area (Å²) in [6, 6.07) is 25.0. The van der Waals surface area contributed by atoms with Crippen molar-refractivity contribution in [1.29, 1.82) is 0 Å². The highest BCUT2D eigenvalue weighted by Gasteiger charge is 2.09. The molecular formula is C23H21BrN2O2. The largest absolute Gasteiger partial charge is 0.352 e. The van der Waals surface area contributed by atoms with Crippen LogP contribution in [0.2, 0.25) is 0 Å². The zero-order valence-electron chi connectivity index (χ0n) is 15.3. The molecular weight excluding hydrogens is 416 g/mol. The average molecular weight is 437 g/mol. The van der Waals surface area contributed by atoms with Crippen LogP contribution < -0.4 is 10.6 Å². The van der Waals surface area contributed by atoms with Crippen molar-refractivity contribution in [2.75, 3.05) is 11.9 Å². The van der Waals surface area contributed by atoms with Crippen molar-refractivity contribution in [2.45, 2.75) is 12.8 Å². The molecule has 0 fully saturated rings. The fourth-order valence-corrected chi connectivity index (χ4v) is 3.08. The number of rotatable bonds is 7. The monoisotopic (exact) mass is 436 g/mol. The van der Waals surface area contributed by atoms with E-state index in [1.807, 2.05) is 54.6 Å². The van der Waals surface area contributed by atoms with Crippen LogP contribution in [0, 0.1) is 0 Å². The Kier molecular flexibility index (Phi) is 6.98. The van der Waals surface area contributed by atoms with Crippen molar-refractivity contribution in [3.63, 3.8) is 0 Å².